The van der Waals surface area contributed by atoms with Crippen molar-refractivity contribution in [3.05, 3.63) is 89.5 Å². The smallest absolute Gasteiger partial charge is 0.335 e. The van der Waals surface area contributed by atoms with E-state index in [9.17, 15) is 15.0 Å². The van der Waals surface area contributed by atoms with Gasteiger partial charge in [0.15, 0.2) is 0 Å². The molecule has 27 heavy (non-hydrogen) atoms. The van der Waals surface area contributed by atoms with Gasteiger partial charge in [-0.1, -0.05) is 54.6 Å². The molecular weight excluding hydrogens is 340 g/mol. The van der Waals surface area contributed by atoms with Crippen LogP contribution in [0.15, 0.2) is 72.8 Å². The van der Waals surface area contributed by atoms with E-state index in [-0.39, 0.29) is 11.5 Å². The Kier molecular flexibility index (Phi) is 4.65. The van der Waals surface area contributed by atoms with Gasteiger partial charge in [-0.2, -0.15) is 0 Å². The van der Waals surface area contributed by atoms with Crippen LogP contribution in [0.1, 0.15) is 27.6 Å². The topological polar surface area (TPSA) is 66.8 Å². The zero-order chi connectivity index (χ0) is 18.8. The van der Waals surface area contributed by atoms with Crippen LogP contribution in [0.3, 0.4) is 0 Å². The molecule has 0 fully saturated rings. The van der Waals surface area contributed by atoms with Crippen molar-refractivity contribution in [2.45, 2.75) is 12.5 Å². The molecule has 4 rings (SSSR count). The van der Waals surface area contributed by atoms with Crippen LogP contribution in [-0.2, 0) is 6.42 Å². The Labute approximate surface area is 157 Å². The molecule has 3 aromatic carbocycles. The number of carboxylic acids is 1. The number of aromatic carboxylic acids is 1. The number of carboxylic acid groups (broad SMARTS) is 1. The fourth-order valence-electron chi connectivity index (χ4n) is 3.54. The summed E-state index contributed by atoms with van der Waals surface area (Å²) >= 11 is 0. The molecule has 0 amide bonds. The minimum atomic E-state index is -0.953. The summed E-state index contributed by atoms with van der Waals surface area (Å²) in [7, 11) is 0. The number of ether oxygens (including phenoxy) is 1. The molecule has 0 unspecified atom stereocenters. The van der Waals surface area contributed by atoms with Gasteiger partial charge in [-0.25, -0.2) is 4.79 Å². The molecule has 4 heteroatoms. The van der Waals surface area contributed by atoms with Gasteiger partial charge in [0.2, 0.25) is 0 Å². The Morgan fingerprint density at radius 2 is 1.74 bits per heavy atom. The number of aliphatic hydroxyl groups excluding tert-OH is 1. The Balaban J connectivity index is 1.59. The predicted molar refractivity (Wildman–Crippen MR) is 103 cm³/mol. The summed E-state index contributed by atoms with van der Waals surface area (Å²) in [5.41, 5.74) is 3.87. The predicted octanol–water partition coefficient (Wildman–Crippen LogP) is 4.34. The first-order valence-electron chi connectivity index (χ1n) is 8.94. The summed E-state index contributed by atoms with van der Waals surface area (Å²) in [6, 6.07) is 22.5. The number of benzene rings is 3. The van der Waals surface area contributed by atoms with Crippen molar-refractivity contribution in [2.24, 2.45) is 5.92 Å². The van der Waals surface area contributed by atoms with Crippen LogP contribution in [0.2, 0.25) is 0 Å². The van der Waals surface area contributed by atoms with Crippen LogP contribution >= 0.6 is 0 Å². The highest BCUT2D eigenvalue weighted by molar-refractivity contribution is 5.89. The summed E-state index contributed by atoms with van der Waals surface area (Å²) in [6.45, 7) is 0.446. The molecule has 4 nitrogen and oxygen atoms in total. The third kappa shape index (κ3) is 3.57. The van der Waals surface area contributed by atoms with Crippen molar-refractivity contribution >= 4 is 5.97 Å². The molecule has 0 bridgehead atoms. The van der Waals surface area contributed by atoms with Gasteiger partial charge in [0.25, 0.3) is 0 Å². The minimum absolute atomic E-state index is 0.00101. The van der Waals surface area contributed by atoms with Crippen molar-refractivity contribution in [3.8, 4) is 16.9 Å². The summed E-state index contributed by atoms with van der Waals surface area (Å²) in [4.78, 5) is 11.2. The van der Waals surface area contributed by atoms with Crippen LogP contribution in [-0.4, -0.2) is 22.8 Å². The SMILES string of the molecule is O=C(O)c1cccc(-c2ccc3c(c2)OC[C@H](Cc2ccccc2)[C@H]3O)c1. The molecule has 0 radical (unpaired) electrons. The average molecular weight is 360 g/mol. The molecule has 0 aliphatic carbocycles. The van der Waals surface area contributed by atoms with Gasteiger partial charge in [0.1, 0.15) is 5.75 Å². The highest BCUT2D eigenvalue weighted by atomic mass is 16.5. The molecule has 1 aliphatic rings. The van der Waals surface area contributed by atoms with E-state index in [0.29, 0.717) is 12.4 Å². The van der Waals surface area contributed by atoms with E-state index in [4.69, 9.17) is 4.74 Å². The number of carbonyl (C=O) groups is 1. The Hall–Kier alpha value is -3.11. The zero-order valence-electron chi connectivity index (χ0n) is 14.7. The van der Waals surface area contributed by atoms with E-state index in [1.54, 1.807) is 18.2 Å². The van der Waals surface area contributed by atoms with Crippen molar-refractivity contribution in [3.63, 3.8) is 0 Å². The number of hydrogen-bond acceptors (Lipinski definition) is 3. The lowest BCUT2D eigenvalue weighted by Gasteiger charge is -2.30. The third-order valence-corrected chi connectivity index (χ3v) is 5.02. The largest absolute Gasteiger partial charge is 0.493 e. The van der Waals surface area contributed by atoms with Gasteiger partial charge < -0.3 is 14.9 Å². The molecule has 1 aliphatic heterocycles. The monoisotopic (exact) mass is 360 g/mol. The van der Waals surface area contributed by atoms with Crippen LogP contribution in [0.25, 0.3) is 11.1 Å². The van der Waals surface area contributed by atoms with E-state index >= 15 is 0 Å². The molecule has 3 aromatic rings. The maximum Gasteiger partial charge on any atom is 0.335 e. The van der Waals surface area contributed by atoms with Crippen LogP contribution < -0.4 is 4.74 Å². The van der Waals surface area contributed by atoms with Crippen LogP contribution in [0.4, 0.5) is 0 Å². The zero-order valence-corrected chi connectivity index (χ0v) is 14.7. The van der Waals surface area contributed by atoms with Crippen molar-refractivity contribution in [1.29, 1.82) is 0 Å². The molecular formula is C23H20O4. The van der Waals surface area contributed by atoms with E-state index < -0.39 is 12.1 Å². The van der Waals surface area contributed by atoms with Gasteiger partial charge in [-0.15, -0.1) is 0 Å². The quantitative estimate of drug-likeness (QED) is 0.726. The number of fused-ring (bicyclic) bond motifs is 1. The first kappa shape index (κ1) is 17.3. The van der Waals surface area contributed by atoms with Crippen molar-refractivity contribution in [2.75, 3.05) is 6.61 Å². The molecule has 136 valence electrons. The molecule has 0 spiro atoms. The Morgan fingerprint density at radius 3 is 2.52 bits per heavy atom. The molecule has 0 saturated heterocycles. The summed E-state index contributed by atoms with van der Waals surface area (Å²) in [6.07, 6.45) is 0.164. The summed E-state index contributed by atoms with van der Waals surface area (Å²) in [5.74, 6) is -0.295. The second-order valence-corrected chi connectivity index (χ2v) is 6.84. The molecule has 0 saturated carbocycles. The van der Waals surface area contributed by atoms with Crippen molar-refractivity contribution in [1.82, 2.24) is 0 Å². The van der Waals surface area contributed by atoms with E-state index in [0.717, 1.165) is 23.1 Å². The summed E-state index contributed by atoms with van der Waals surface area (Å²) < 4.78 is 5.94. The Morgan fingerprint density at radius 1 is 0.963 bits per heavy atom. The van der Waals surface area contributed by atoms with Gasteiger partial charge in [-0.3, -0.25) is 0 Å². The number of hydrogen-bond donors (Lipinski definition) is 2. The second-order valence-electron chi connectivity index (χ2n) is 6.84. The van der Waals surface area contributed by atoms with Crippen LogP contribution in [0.5, 0.6) is 5.75 Å². The third-order valence-electron chi connectivity index (χ3n) is 5.02. The highest BCUT2D eigenvalue weighted by Gasteiger charge is 2.29. The number of aliphatic hydroxyl groups is 1. The Bertz CT molecular complexity index is 965. The first-order chi connectivity index (χ1) is 13.1. The molecule has 0 aromatic heterocycles. The average Bonchev–Trinajstić information content (AvgIpc) is 2.71. The van der Waals surface area contributed by atoms with E-state index in [1.165, 1.54) is 5.56 Å². The lowest BCUT2D eigenvalue weighted by Crippen LogP contribution is -2.27. The normalized spacial score (nSPS) is 18.4. The minimum Gasteiger partial charge on any atom is -0.493 e. The second kappa shape index (κ2) is 7.25. The lowest BCUT2D eigenvalue weighted by atomic mass is 9.87. The van der Waals surface area contributed by atoms with E-state index in [2.05, 4.69) is 12.1 Å². The summed E-state index contributed by atoms with van der Waals surface area (Å²) in [5, 5.41) is 20.0. The fraction of sp³-hybridized carbons (Fsp3) is 0.174. The molecule has 1 heterocycles. The van der Waals surface area contributed by atoms with Crippen molar-refractivity contribution < 1.29 is 19.7 Å². The molecule has 2 N–H and O–H groups in total. The standard InChI is InChI=1S/C23H20O4/c24-22-19(11-15-5-2-1-3-6-15)14-27-21-13-17(9-10-20(21)22)16-7-4-8-18(12-16)23(25)26/h1-10,12-13,19,22,24H,11,14H2,(H,25,26)/t19-,22+/m0/s1. The van der Waals surface area contributed by atoms with Gasteiger partial charge >= 0.3 is 5.97 Å². The van der Waals surface area contributed by atoms with Gasteiger partial charge in [-0.05, 0) is 41.3 Å². The highest BCUT2D eigenvalue weighted by Crippen LogP contribution is 2.39. The van der Waals surface area contributed by atoms with E-state index in [1.807, 2.05) is 42.5 Å². The van der Waals surface area contributed by atoms with Crippen LogP contribution in [0, 0.1) is 5.92 Å². The number of rotatable bonds is 4. The van der Waals surface area contributed by atoms with Gasteiger partial charge in [0, 0.05) is 11.5 Å². The maximum atomic E-state index is 11.2. The lowest BCUT2D eigenvalue weighted by molar-refractivity contribution is 0.0508. The van der Waals surface area contributed by atoms with Gasteiger partial charge in [0.05, 0.1) is 18.3 Å². The first-order valence-corrected chi connectivity index (χ1v) is 8.94. The molecule has 2 atom stereocenters. The fourth-order valence-corrected chi connectivity index (χ4v) is 3.54. The maximum absolute atomic E-state index is 11.2.